The van der Waals surface area contributed by atoms with Gasteiger partial charge in [0.2, 0.25) is 0 Å². The summed E-state index contributed by atoms with van der Waals surface area (Å²) in [5, 5.41) is 0. The maximum atomic E-state index is 5.58. The van der Waals surface area contributed by atoms with Gasteiger partial charge in [-0.05, 0) is 37.6 Å². The van der Waals surface area contributed by atoms with Crippen molar-refractivity contribution in [3.05, 3.63) is 0 Å². The van der Waals surface area contributed by atoms with Crippen molar-refractivity contribution in [2.45, 2.75) is 32.6 Å². The summed E-state index contributed by atoms with van der Waals surface area (Å²) in [5.41, 5.74) is 5.99. The van der Waals surface area contributed by atoms with Crippen molar-refractivity contribution < 1.29 is 9.47 Å². The van der Waals surface area contributed by atoms with Crippen LogP contribution in [0.1, 0.15) is 32.6 Å². The van der Waals surface area contributed by atoms with E-state index >= 15 is 0 Å². The van der Waals surface area contributed by atoms with Crippen molar-refractivity contribution in [3.8, 4) is 0 Å². The molecule has 1 saturated carbocycles. The molecule has 1 rings (SSSR count). The Labute approximate surface area is 86.9 Å². The molecule has 0 aromatic carbocycles. The van der Waals surface area contributed by atoms with Crippen LogP contribution in [0.4, 0.5) is 0 Å². The van der Waals surface area contributed by atoms with E-state index in [1.807, 2.05) is 0 Å². The van der Waals surface area contributed by atoms with Crippen LogP contribution in [-0.2, 0) is 9.47 Å². The Morgan fingerprint density at radius 2 is 1.86 bits per heavy atom. The van der Waals surface area contributed by atoms with Gasteiger partial charge in [-0.3, -0.25) is 0 Å². The van der Waals surface area contributed by atoms with Crippen molar-refractivity contribution in [3.63, 3.8) is 0 Å². The second-order valence-corrected chi connectivity index (χ2v) is 4.20. The van der Waals surface area contributed by atoms with Crippen LogP contribution in [0.2, 0.25) is 0 Å². The minimum atomic E-state index is 0.444. The molecule has 2 N–H and O–H groups in total. The largest absolute Gasteiger partial charge is 0.379 e. The number of rotatable bonds is 9. The van der Waals surface area contributed by atoms with Gasteiger partial charge in [0.05, 0.1) is 19.8 Å². The fourth-order valence-electron chi connectivity index (χ4n) is 1.60. The average molecular weight is 201 g/mol. The number of ether oxygens (including phenoxy) is 2. The Morgan fingerprint density at radius 1 is 1.14 bits per heavy atom. The molecule has 0 aliphatic heterocycles. The van der Waals surface area contributed by atoms with E-state index in [9.17, 15) is 0 Å². The van der Waals surface area contributed by atoms with Gasteiger partial charge >= 0.3 is 0 Å². The zero-order chi connectivity index (χ0) is 10.3. The predicted octanol–water partition coefficient (Wildman–Crippen LogP) is 1.56. The van der Waals surface area contributed by atoms with Gasteiger partial charge < -0.3 is 15.2 Å². The van der Waals surface area contributed by atoms with Gasteiger partial charge in [0.1, 0.15) is 0 Å². The van der Waals surface area contributed by atoms with Crippen molar-refractivity contribution >= 4 is 0 Å². The first-order chi connectivity index (χ1) is 6.83. The molecule has 0 radical (unpaired) electrons. The first-order valence-corrected chi connectivity index (χ1v) is 5.68. The summed E-state index contributed by atoms with van der Waals surface area (Å²) in [4.78, 5) is 0. The molecule has 0 atom stereocenters. The lowest BCUT2D eigenvalue weighted by Crippen LogP contribution is -2.17. The topological polar surface area (TPSA) is 44.5 Å². The van der Waals surface area contributed by atoms with E-state index in [4.69, 9.17) is 15.2 Å². The lowest BCUT2D eigenvalue weighted by molar-refractivity contribution is 0.0279. The molecule has 0 saturated heterocycles. The normalized spacial score (nSPS) is 18.4. The van der Waals surface area contributed by atoms with E-state index in [-0.39, 0.29) is 0 Å². The molecule has 0 amide bonds. The fourth-order valence-corrected chi connectivity index (χ4v) is 1.60. The van der Waals surface area contributed by atoms with Gasteiger partial charge in [-0.2, -0.15) is 0 Å². The van der Waals surface area contributed by atoms with E-state index in [0.29, 0.717) is 5.41 Å². The lowest BCUT2D eigenvalue weighted by atomic mass is 10.0. The van der Waals surface area contributed by atoms with Crippen LogP contribution in [-0.4, -0.2) is 33.0 Å². The molecular weight excluding hydrogens is 178 g/mol. The Hall–Kier alpha value is -0.120. The second kappa shape index (κ2) is 6.38. The van der Waals surface area contributed by atoms with Gasteiger partial charge in [0.15, 0.2) is 0 Å². The van der Waals surface area contributed by atoms with E-state index in [0.717, 1.165) is 45.8 Å². The zero-order valence-corrected chi connectivity index (χ0v) is 9.26. The fraction of sp³-hybridized carbons (Fsp3) is 1.00. The Balaban J connectivity index is 1.88. The molecular formula is C11H23NO2. The highest BCUT2D eigenvalue weighted by atomic mass is 16.5. The van der Waals surface area contributed by atoms with Crippen LogP contribution in [0.15, 0.2) is 0 Å². The third-order valence-electron chi connectivity index (χ3n) is 2.76. The molecule has 0 unspecified atom stereocenters. The number of hydrogen-bond acceptors (Lipinski definition) is 3. The highest BCUT2D eigenvalue weighted by Gasteiger charge is 2.41. The summed E-state index contributed by atoms with van der Waals surface area (Å²) in [6.07, 6.45) is 4.78. The number of hydrogen-bond donors (Lipinski definition) is 1. The average Bonchev–Trinajstić information content (AvgIpc) is 2.93. The third-order valence-corrected chi connectivity index (χ3v) is 2.76. The van der Waals surface area contributed by atoms with E-state index < -0.39 is 0 Å². The Kier molecular flexibility index (Phi) is 5.45. The Bertz CT molecular complexity index is 146. The van der Waals surface area contributed by atoms with Gasteiger partial charge in [-0.15, -0.1) is 0 Å². The van der Waals surface area contributed by atoms with Crippen molar-refractivity contribution in [2.75, 3.05) is 33.0 Å². The molecule has 3 heteroatoms. The second-order valence-electron chi connectivity index (χ2n) is 4.20. The van der Waals surface area contributed by atoms with Gasteiger partial charge in [0.25, 0.3) is 0 Å². The molecule has 0 aromatic rings. The highest BCUT2D eigenvalue weighted by Crippen LogP contribution is 2.48. The predicted molar refractivity (Wildman–Crippen MR) is 57.3 cm³/mol. The molecule has 14 heavy (non-hydrogen) atoms. The van der Waals surface area contributed by atoms with Crippen molar-refractivity contribution in [1.82, 2.24) is 0 Å². The summed E-state index contributed by atoms with van der Waals surface area (Å²) >= 11 is 0. The molecule has 0 aromatic heterocycles. The van der Waals surface area contributed by atoms with E-state index in [2.05, 4.69) is 6.92 Å². The first kappa shape index (κ1) is 12.0. The maximum Gasteiger partial charge on any atom is 0.0700 e. The minimum Gasteiger partial charge on any atom is -0.379 e. The maximum absolute atomic E-state index is 5.58. The van der Waals surface area contributed by atoms with Crippen molar-refractivity contribution in [2.24, 2.45) is 11.1 Å². The molecule has 1 fully saturated rings. The summed E-state index contributed by atoms with van der Waals surface area (Å²) in [7, 11) is 0. The van der Waals surface area contributed by atoms with Crippen LogP contribution in [0.5, 0.6) is 0 Å². The van der Waals surface area contributed by atoms with E-state index in [1.54, 1.807) is 0 Å². The van der Waals surface area contributed by atoms with E-state index in [1.165, 1.54) is 12.8 Å². The zero-order valence-electron chi connectivity index (χ0n) is 9.26. The molecule has 0 bridgehead atoms. The SMILES string of the molecule is CCCOCCOCC1(CCN)CC1. The molecule has 0 spiro atoms. The monoisotopic (exact) mass is 201 g/mol. The Morgan fingerprint density at radius 3 is 2.43 bits per heavy atom. The van der Waals surface area contributed by atoms with Gasteiger partial charge in [0, 0.05) is 6.61 Å². The van der Waals surface area contributed by atoms with Crippen LogP contribution >= 0.6 is 0 Å². The summed E-state index contributed by atoms with van der Waals surface area (Å²) in [6.45, 7) is 6.08. The van der Waals surface area contributed by atoms with Crippen molar-refractivity contribution in [1.29, 1.82) is 0 Å². The summed E-state index contributed by atoms with van der Waals surface area (Å²) in [5.74, 6) is 0. The minimum absolute atomic E-state index is 0.444. The number of nitrogens with two attached hydrogens (primary N) is 1. The highest BCUT2D eigenvalue weighted by molar-refractivity contribution is 4.92. The van der Waals surface area contributed by atoms with Gasteiger partial charge in [-0.25, -0.2) is 0 Å². The molecule has 1 aliphatic carbocycles. The molecule has 84 valence electrons. The summed E-state index contributed by atoms with van der Waals surface area (Å²) < 4.78 is 10.9. The quantitative estimate of drug-likeness (QED) is 0.576. The molecule has 0 heterocycles. The molecule has 3 nitrogen and oxygen atoms in total. The first-order valence-electron chi connectivity index (χ1n) is 5.68. The van der Waals surface area contributed by atoms with Crippen LogP contribution in [0.3, 0.4) is 0 Å². The van der Waals surface area contributed by atoms with Crippen LogP contribution in [0, 0.1) is 5.41 Å². The lowest BCUT2D eigenvalue weighted by Gasteiger charge is -2.13. The summed E-state index contributed by atoms with van der Waals surface area (Å²) in [6, 6.07) is 0. The van der Waals surface area contributed by atoms with Crippen LogP contribution < -0.4 is 5.73 Å². The van der Waals surface area contributed by atoms with Gasteiger partial charge in [-0.1, -0.05) is 6.92 Å². The van der Waals surface area contributed by atoms with Crippen LogP contribution in [0.25, 0.3) is 0 Å². The smallest absolute Gasteiger partial charge is 0.0700 e. The standard InChI is InChI=1S/C11H23NO2/c1-2-7-13-8-9-14-10-11(3-4-11)5-6-12/h2-10,12H2,1H3. The third kappa shape index (κ3) is 4.40. The molecule has 1 aliphatic rings.